The van der Waals surface area contributed by atoms with Crippen molar-refractivity contribution in [2.24, 2.45) is 11.8 Å². The fourth-order valence-corrected chi connectivity index (χ4v) is 0.457. The zero-order chi connectivity index (χ0) is 9.02. The molecule has 11 heavy (non-hydrogen) atoms. The molecule has 0 spiro atoms. The highest BCUT2D eigenvalue weighted by Crippen LogP contribution is 2.09. The van der Waals surface area contributed by atoms with Crippen LogP contribution in [0.15, 0.2) is 0 Å². The van der Waals surface area contributed by atoms with Crippen LogP contribution in [0.5, 0.6) is 0 Å². The van der Waals surface area contributed by atoms with Gasteiger partial charge >= 0.3 is 0 Å². The molecule has 0 rings (SSSR count). The summed E-state index contributed by atoms with van der Waals surface area (Å²) < 4.78 is 4.88. The molecule has 3 nitrogen and oxygen atoms in total. The molecule has 0 fully saturated rings. The van der Waals surface area contributed by atoms with Crippen LogP contribution in [0.1, 0.15) is 27.7 Å². The van der Waals surface area contributed by atoms with E-state index in [1.165, 1.54) is 0 Å². The maximum Gasteiger partial charge on any atom is 0.159 e. The molecule has 2 atom stereocenters. The van der Waals surface area contributed by atoms with Crippen molar-refractivity contribution in [2.45, 2.75) is 40.3 Å². The number of hydrogen-bond donors (Lipinski definition) is 2. The Morgan fingerprint density at radius 2 is 1.09 bits per heavy atom. The van der Waals surface area contributed by atoms with Gasteiger partial charge in [0.05, 0.1) is 0 Å². The van der Waals surface area contributed by atoms with Gasteiger partial charge in [0.2, 0.25) is 0 Å². The van der Waals surface area contributed by atoms with E-state index in [2.05, 4.69) is 0 Å². The van der Waals surface area contributed by atoms with Crippen molar-refractivity contribution in [3.63, 3.8) is 0 Å². The molecule has 0 aromatic rings. The number of aliphatic hydroxyl groups is 2. The molecule has 0 aromatic carbocycles. The summed E-state index contributed by atoms with van der Waals surface area (Å²) in [6.07, 6.45) is -1.74. The third-order valence-corrected chi connectivity index (χ3v) is 1.42. The highest BCUT2D eigenvalue weighted by Gasteiger charge is 2.17. The molecule has 0 aliphatic carbocycles. The number of aliphatic hydroxyl groups excluding tert-OH is 2. The lowest BCUT2D eigenvalue weighted by atomic mass is 10.2. The van der Waals surface area contributed by atoms with E-state index in [1.54, 1.807) is 0 Å². The van der Waals surface area contributed by atoms with Crippen LogP contribution in [-0.2, 0) is 4.74 Å². The second kappa shape index (κ2) is 4.70. The van der Waals surface area contributed by atoms with E-state index in [-0.39, 0.29) is 11.8 Å². The van der Waals surface area contributed by atoms with Crippen molar-refractivity contribution in [3.05, 3.63) is 0 Å². The van der Waals surface area contributed by atoms with Crippen LogP contribution in [0, 0.1) is 11.8 Å². The van der Waals surface area contributed by atoms with Crippen LogP contribution in [0.2, 0.25) is 0 Å². The van der Waals surface area contributed by atoms with E-state index in [0.717, 1.165) is 0 Å². The fourth-order valence-electron chi connectivity index (χ4n) is 0.457. The minimum Gasteiger partial charge on any atom is -0.368 e. The quantitative estimate of drug-likeness (QED) is 0.605. The van der Waals surface area contributed by atoms with Gasteiger partial charge in [0.25, 0.3) is 0 Å². The van der Waals surface area contributed by atoms with Crippen LogP contribution < -0.4 is 0 Å². The molecule has 68 valence electrons. The van der Waals surface area contributed by atoms with E-state index in [1.807, 2.05) is 27.7 Å². The van der Waals surface area contributed by atoms with Crippen molar-refractivity contribution in [1.82, 2.24) is 0 Å². The standard InChI is InChI=1S/C8H18O3/c1-5(2)7(9)11-8(10)6(3)4/h5-10H,1-4H3/t7-,8?/m1/s1. The average Bonchev–Trinajstić information content (AvgIpc) is 1.87. The number of ether oxygens (including phenoxy) is 1. The van der Waals surface area contributed by atoms with Crippen LogP contribution in [-0.4, -0.2) is 22.8 Å². The molecule has 0 aliphatic rings. The first-order chi connectivity index (χ1) is 4.95. The first-order valence-corrected chi connectivity index (χ1v) is 3.96. The molecular weight excluding hydrogens is 144 g/mol. The Labute approximate surface area is 68.0 Å². The minimum atomic E-state index is -0.868. The van der Waals surface area contributed by atoms with E-state index < -0.39 is 12.6 Å². The highest BCUT2D eigenvalue weighted by atomic mass is 16.7. The van der Waals surface area contributed by atoms with Crippen LogP contribution >= 0.6 is 0 Å². The van der Waals surface area contributed by atoms with Crippen molar-refractivity contribution in [3.8, 4) is 0 Å². The molecular formula is C8H18O3. The summed E-state index contributed by atoms with van der Waals surface area (Å²) in [4.78, 5) is 0. The lowest BCUT2D eigenvalue weighted by Crippen LogP contribution is -2.29. The van der Waals surface area contributed by atoms with E-state index in [0.29, 0.717) is 0 Å². The Bertz CT molecular complexity index is 89.5. The van der Waals surface area contributed by atoms with E-state index >= 15 is 0 Å². The van der Waals surface area contributed by atoms with Crippen molar-refractivity contribution in [2.75, 3.05) is 0 Å². The van der Waals surface area contributed by atoms with Gasteiger partial charge in [-0.2, -0.15) is 0 Å². The summed E-state index contributed by atoms with van der Waals surface area (Å²) in [6, 6.07) is 0. The van der Waals surface area contributed by atoms with Gasteiger partial charge in [-0.05, 0) is 0 Å². The zero-order valence-corrected chi connectivity index (χ0v) is 7.61. The second-order valence-corrected chi connectivity index (χ2v) is 3.41. The molecule has 0 amide bonds. The van der Waals surface area contributed by atoms with Gasteiger partial charge in [0, 0.05) is 11.8 Å². The Morgan fingerprint density at radius 1 is 0.818 bits per heavy atom. The monoisotopic (exact) mass is 162 g/mol. The van der Waals surface area contributed by atoms with Crippen LogP contribution in [0.4, 0.5) is 0 Å². The van der Waals surface area contributed by atoms with Crippen molar-refractivity contribution < 1.29 is 14.9 Å². The van der Waals surface area contributed by atoms with Crippen LogP contribution in [0.25, 0.3) is 0 Å². The van der Waals surface area contributed by atoms with Gasteiger partial charge in [0.1, 0.15) is 0 Å². The molecule has 0 bridgehead atoms. The van der Waals surface area contributed by atoms with Gasteiger partial charge in [-0.1, -0.05) is 27.7 Å². The van der Waals surface area contributed by atoms with Crippen LogP contribution in [0.3, 0.4) is 0 Å². The fraction of sp³-hybridized carbons (Fsp3) is 1.00. The number of rotatable bonds is 4. The summed E-state index contributed by atoms with van der Waals surface area (Å²) in [5.41, 5.74) is 0. The SMILES string of the molecule is CC(C)C(O)O[C@@H](O)C(C)C. The molecule has 2 N–H and O–H groups in total. The molecule has 0 radical (unpaired) electrons. The maximum absolute atomic E-state index is 9.16. The molecule has 0 saturated carbocycles. The Morgan fingerprint density at radius 3 is 1.27 bits per heavy atom. The minimum absolute atomic E-state index is 0.0170. The average molecular weight is 162 g/mol. The van der Waals surface area contributed by atoms with Gasteiger partial charge in [-0.25, -0.2) is 0 Å². The first kappa shape index (κ1) is 10.9. The summed E-state index contributed by atoms with van der Waals surface area (Å²) in [5.74, 6) is 0.0341. The second-order valence-electron chi connectivity index (χ2n) is 3.41. The Balaban J connectivity index is 3.66. The molecule has 0 saturated heterocycles. The number of hydrogen-bond acceptors (Lipinski definition) is 3. The van der Waals surface area contributed by atoms with Gasteiger partial charge in [-0.3, -0.25) is 0 Å². The zero-order valence-electron chi connectivity index (χ0n) is 7.61. The topological polar surface area (TPSA) is 49.7 Å². The molecule has 0 aliphatic heterocycles. The maximum atomic E-state index is 9.16. The predicted octanol–water partition coefficient (Wildman–Crippen LogP) is 0.952. The predicted molar refractivity (Wildman–Crippen MR) is 42.8 cm³/mol. The summed E-state index contributed by atoms with van der Waals surface area (Å²) in [7, 11) is 0. The Kier molecular flexibility index (Phi) is 4.65. The lowest BCUT2D eigenvalue weighted by molar-refractivity contribution is -0.237. The van der Waals surface area contributed by atoms with Gasteiger partial charge in [0.15, 0.2) is 12.6 Å². The normalized spacial score (nSPS) is 17.5. The third kappa shape index (κ3) is 4.35. The first-order valence-electron chi connectivity index (χ1n) is 3.96. The van der Waals surface area contributed by atoms with Crippen molar-refractivity contribution in [1.29, 1.82) is 0 Å². The summed E-state index contributed by atoms with van der Waals surface area (Å²) >= 11 is 0. The largest absolute Gasteiger partial charge is 0.368 e. The van der Waals surface area contributed by atoms with E-state index in [4.69, 9.17) is 14.9 Å². The molecule has 0 heterocycles. The highest BCUT2D eigenvalue weighted by molar-refractivity contribution is 4.52. The molecule has 3 heteroatoms. The smallest absolute Gasteiger partial charge is 0.159 e. The Hall–Kier alpha value is -0.120. The third-order valence-electron chi connectivity index (χ3n) is 1.42. The van der Waals surface area contributed by atoms with Crippen molar-refractivity contribution >= 4 is 0 Å². The van der Waals surface area contributed by atoms with Gasteiger partial charge < -0.3 is 14.9 Å². The summed E-state index contributed by atoms with van der Waals surface area (Å²) in [6.45, 7) is 7.32. The van der Waals surface area contributed by atoms with Gasteiger partial charge in [-0.15, -0.1) is 0 Å². The lowest BCUT2D eigenvalue weighted by Gasteiger charge is -2.21. The van der Waals surface area contributed by atoms with E-state index in [9.17, 15) is 0 Å². The molecule has 1 unspecified atom stereocenters. The molecule has 0 aromatic heterocycles. The summed E-state index contributed by atoms with van der Waals surface area (Å²) in [5, 5.41) is 18.3.